The van der Waals surface area contributed by atoms with Crippen molar-refractivity contribution < 1.29 is 22.3 Å². The molecule has 0 aromatic heterocycles. The summed E-state index contributed by atoms with van der Waals surface area (Å²) in [7, 11) is -4.67. The Labute approximate surface area is 148 Å². The molecule has 0 heterocycles. The number of benzene rings is 2. The van der Waals surface area contributed by atoms with E-state index in [2.05, 4.69) is 40.0 Å². The minimum atomic E-state index is -4.67. The molecule has 2 rings (SSSR count). The molecular formula is C14H17IN2O5S. The number of hydrogen-bond donors (Lipinski definition) is 4. The highest BCUT2D eigenvalue weighted by molar-refractivity contribution is 14.1. The lowest BCUT2D eigenvalue weighted by molar-refractivity contribution is -0.118. The molecule has 2 aromatic carbocycles. The van der Waals surface area contributed by atoms with Crippen LogP contribution in [0.4, 0.5) is 5.69 Å². The summed E-state index contributed by atoms with van der Waals surface area (Å²) in [5.41, 5.74) is 7.97. The molecule has 0 atom stereocenters. The Morgan fingerprint density at radius 3 is 2.30 bits per heavy atom. The van der Waals surface area contributed by atoms with Crippen molar-refractivity contribution in [3.63, 3.8) is 0 Å². The van der Waals surface area contributed by atoms with Crippen molar-refractivity contribution in [3.8, 4) is 0 Å². The van der Waals surface area contributed by atoms with Crippen molar-refractivity contribution in [2.45, 2.75) is 6.42 Å². The lowest BCUT2D eigenvalue weighted by atomic mass is 10.0. The summed E-state index contributed by atoms with van der Waals surface area (Å²) in [6.07, 6.45) is 0.823. The average Bonchev–Trinajstić information content (AvgIpc) is 2.46. The van der Waals surface area contributed by atoms with Gasteiger partial charge in [-0.2, -0.15) is 8.42 Å². The SMILES string of the molecule is Nc1cccc2c(CCNC(=O)CI)cccc12.O=S(=O)(O)O. The Morgan fingerprint density at radius 1 is 1.13 bits per heavy atom. The molecule has 0 fully saturated rings. The highest BCUT2D eigenvalue weighted by Crippen LogP contribution is 2.24. The molecular weight excluding hydrogens is 435 g/mol. The van der Waals surface area contributed by atoms with Crippen LogP contribution in [0.15, 0.2) is 36.4 Å². The summed E-state index contributed by atoms with van der Waals surface area (Å²) in [5.74, 6) is 0.0790. The fourth-order valence-electron chi connectivity index (χ4n) is 2.00. The molecule has 0 aliphatic heterocycles. The molecule has 1 amide bonds. The Balaban J connectivity index is 0.000000463. The first kappa shape index (κ1) is 19.6. The van der Waals surface area contributed by atoms with Crippen molar-refractivity contribution >= 4 is 55.4 Å². The molecule has 0 saturated heterocycles. The van der Waals surface area contributed by atoms with E-state index in [0.717, 1.165) is 17.5 Å². The van der Waals surface area contributed by atoms with Gasteiger partial charge < -0.3 is 11.1 Å². The molecule has 0 saturated carbocycles. The molecule has 126 valence electrons. The zero-order chi connectivity index (χ0) is 17.5. The number of carbonyl (C=O) groups is 1. The maximum atomic E-state index is 11.2. The summed E-state index contributed by atoms with van der Waals surface area (Å²) < 4.78 is 32.1. The molecule has 5 N–H and O–H groups in total. The van der Waals surface area contributed by atoms with Crippen LogP contribution in [0.25, 0.3) is 10.8 Å². The van der Waals surface area contributed by atoms with Gasteiger partial charge in [0.25, 0.3) is 0 Å². The van der Waals surface area contributed by atoms with E-state index < -0.39 is 10.4 Å². The normalized spacial score (nSPS) is 10.7. The lowest BCUT2D eigenvalue weighted by Crippen LogP contribution is -2.26. The highest BCUT2D eigenvalue weighted by Gasteiger charge is 2.03. The third-order valence-corrected chi connectivity index (χ3v) is 3.58. The molecule has 0 aliphatic rings. The number of nitrogen functional groups attached to an aromatic ring is 1. The van der Waals surface area contributed by atoms with Crippen LogP contribution in [0.5, 0.6) is 0 Å². The molecule has 7 nitrogen and oxygen atoms in total. The van der Waals surface area contributed by atoms with Gasteiger partial charge in [-0.1, -0.05) is 52.9 Å². The number of amides is 1. The van der Waals surface area contributed by atoms with Gasteiger partial charge in [0.2, 0.25) is 5.91 Å². The molecule has 0 radical (unpaired) electrons. The fourth-order valence-corrected chi connectivity index (χ4v) is 2.27. The van der Waals surface area contributed by atoms with Gasteiger partial charge in [0.05, 0.1) is 4.43 Å². The van der Waals surface area contributed by atoms with Crippen LogP contribution in [0.3, 0.4) is 0 Å². The quantitative estimate of drug-likeness (QED) is 0.243. The van der Waals surface area contributed by atoms with Gasteiger partial charge in [-0.05, 0) is 23.4 Å². The maximum Gasteiger partial charge on any atom is 0.394 e. The van der Waals surface area contributed by atoms with Gasteiger partial charge in [-0.25, -0.2) is 0 Å². The molecule has 0 unspecified atom stereocenters. The van der Waals surface area contributed by atoms with Crippen LogP contribution >= 0.6 is 22.6 Å². The number of anilines is 1. The molecule has 23 heavy (non-hydrogen) atoms. The van der Waals surface area contributed by atoms with Crippen LogP contribution < -0.4 is 11.1 Å². The smallest absolute Gasteiger partial charge is 0.394 e. The Kier molecular flexibility index (Phi) is 7.68. The topological polar surface area (TPSA) is 130 Å². The van der Waals surface area contributed by atoms with Crippen molar-refractivity contribution in [1.82, 2.24) is 5.32 Å². The number of halogens is 1. The molecule has 2 aromatic rings. The zero-order valence-electron chi connectivity index (χ0n) is 12.1. The average molecular weight is 452 g/mol. The second-order valence-corrected chi connectivity index (χ2v) is 6.20. The highest BCUT2D eigenvalue weighted by atomic mass is 127. The first-order valence-electron chi connectivity index (χ1n) is 6.51. The van der Waals surface area contributed by atoms with E-state index in [0.29, 0.717) is 11.0 Å². The largest absolute Gasteiger partial charge is 0.398 e. The maximum absolute atomic E-state index is 11.2. The predicted octanol–water partition coefficient (Wildman–Crippen LogP) is 1.86. The first-order chi connectivity index (χ1) is 10.7. The summed E-state index contributed by atoms with van der Waals surface area (Å²) in [6.45, 7) is 0.662. The van der Waals surface area contributed by atoms with Gasteiger partial charge >= 0.3 is 10.4 Å². The van der Waals surface area contributed by atoms with Crippen molar-refractivity contribution in [2.24, 2.45) is 0 Å². The summed E-state index contributed by atoms with van der Waals surface area (Å²) in [5, 5.41) is 5.13. The number of alkyl halides is 1. The van der Waals surface area contributed by atoms with E-state index in [1.54, 1.807) is 0 Å². The standard InChI is InChI=1S/C14H15IN2O.H2O4S/c15-9-14(18)17-8-7-10-3-1-5-12-11(10)4-2-6-13(12)16;1-5(2,3)4/h1-6H,7-9,16H2,(H,17,18);(H2,1,2,3,4). The van der Waals surface area contributed by atoms with Crippen LogP contribution in [-0.2, 0) is 21.6 Å². The fraction of sp³-hybridized carbons (Fsp3) is 0.214. The van der Waals surface area contributed by atoms with Gasteiger partial charge in [0, 0.05) is 17.6 Å². The zero-order valence-corrected chi connectivity index (χ0v) is 15.0. The molecule has 0 aliphatic carbocycles. The summed E-state index contributed by atoms with van der Waals surface area (Å²) in [6, 6.07) is 12.1. The first-order valence-corrected chi connectivity index (χ1v) is 9.43. The molecule has 0 bridgehead atoms. The number of fused-ring (bicyclic) bond motifs is 1. The van der Waals surface area contributed by atoms with Crippen LogP contribution in [0, 0.1) is 0 Å². The lowest BCUT2D eigenvalue weighted by Gasteiger charge is -2.08. The Morgan fingerprint density at radius 2 is 1.70 bits per heavy atom. The number of hydrogen-bond acceptors (Lipinski definition) is 4. The second-order valence-electron chi connectivity index (χ2n) is 4.54. The minimum absolute atomic E-state index is 0.0790. The van der Waals surface area contributed by atoms with Crippen LogP contribution in [-0.4, -0.2) is 34.4 Å². The van der Waals surface area contributed by atoms with E-state index >= 15 is 0 Å². The number of rotatable bonds is 4. The van der Waals surface area contributed by atoms with E-state index in [1.165, 1.54) is 10.9 Å². The van der Waals surface area contributed by atoms with Gasteiger partial charge in [0.15, 0.2) is 0 Å². The van der Waals surface area contributed by atoms with Crippen molar-refractivity contribution in [3.05, 3.63) is 42.0 Å². The number of nitrogens with two attached hydrogens (primary N) is 1. The number of carbonyl (C=O) groups excluding carboxylic acids is 1. The monoisotopic (exact) mass is 452 g/mol. The van der Waals surface area contributed by atoms with Crippen LogP contribution in [0.1, 0.15) is 5.56 Å². The second kappa shape index (κ2) is 9.01. The minimum Gasteiger partial charge on any atom is -0.398 e. The van der Waals surface area contributed by atoms with E-state index in [9.17, 15) is 4.79 Å². The number of nitrogens with one attached hydrogen (secondary N) is 1. The van der Waals surface area contributed by atoms with Gasteiger partial charge in [0.1, 0.15) is 0 Å². The van der Waals surface area contributed by atoms with E-state index in [-0.39, 0.29) is 5.91 Å². The van der Waals surface area contributed by atoms with E-state index in [4.69, 9.17) is 23.3 Å². The molecule has 9 heteroatoms. The third kappa shape index (κ3) is 7.59. The molecule has 0 spiro atoms. The predicted molar refractivity (Wildman–Crippen MR) is 98.1 cm³/mol. The third-order valence-electron chi connectivity index (χ3n) is 2.88. The Hall–Kier alpha value is -1.43. The van der Waals surface area contributed by atoms with Crippen molar-refractivity contribution in [1.29, 1.82) is 0 Å². The van der Waals surface area contributed by atoms with Gasteiger partial charge in [-0.3, -0.25) is 13.9 Å². The van der Waals surface area contributed by atoms with E-state index in [1.807, 2.05) is 24.3 Å². The van der Waals surface area contributed by atoms with Crippen LogP contribution in [0.2, 0.25) is 0 Å². The Bertz CT molecular complexity index is 772. The summed E-state index contributed by atoms with van der Waals surface area (Å²) >= 11 is 2.06. The van der Waals surface area contributed by atoms with Gasteiger partial charge in [-0.15, -0.1) is 0 Å². The summed E-state index contributed by atoms with van der Waals surface area (Å²) in [4.78, 5) is 11.2. The van der Waals surface area contributed by atoms with Crippen molar-refractivity contribution in [2.75, 3.05) is 16.7 Å².